The Morgan fingerprint density at radius 2 is 2.00 bits per heavy atom. The van der Waals surface area contributed by atoms with Crippen LogP contribution in [0.4, 0.5) is 0 Å². The number of hydrogen-bond acceptors (Lipinski definition) is 4. The van der Waals surface area contributed by atoms with Crippen LogP contribution < -0.4 is 10.1 Å². The summed E-state index contributed by atoms with van der Waals surface area (Å²) in [6.07, 6.45) is 4.21. The van der Waals surface area contributed by atoms with Crippen molar-refractivity contribution in [1.82, 2.24) is 20.3 Å². The Labute approximate surface area is 171 Å². The van der Waals surface area contributed by atoms with E-state index in [2.05, 4.69) is 22.2 Å². The fourth-order valence-corrected chi connectivity index (χ4v) is 3.09. The highest BCUT2D eigenvalue weighted by atomic mass is 16.5. The van der Waals surface area contributed by atoms with Gasteiger partial charge in [0.25, 0.3) is 5.91 Å². The van der Waals surface area contributed by atoms with E-state index in [-0.39, 0.29) is 5.91 Å². The molecular formula is C23H26N4O2. The molecule has 3 rings (SSSR count). The summed E-state index contributed by atoms with van der Waals surface area (Å²) in [6.45, 7) is 8.23. The van der Waals surface area contributed by atoms with Crippen LogP contribution in [0.5, 0.6) is 5.75 Å². The van der Waals surface area contributed by atoms with E-state index in [1.54, 1.807) is 30.0 Å². The second-order valence-corrected chi connectivity index (χ2v) is 7.38. The highest BCUT2D eigenvalue weighted by Gasteiger charge is 2.27. The number of carbonyl (C=O) groups is 1. The van der Waals surface area contributed by atoms with Gasteiger partial charge in [-0.2, -0.15) is 0 Å². The number of amides is 1. The van der Waals surface area contributed by atoms with Crippen molar-refractivity contribution in [3.63, 3.8) is 0 Å². The molecule has 2 aromatic carbocycles. The summed E-state index contributed by atoms with van der Waals surface area (Å²) in [5, 5.41) is 11.6. The van der Waals surface area contributed by atoms with E-state index in [9.17, 15) is 4.79 Å². The largest absolute Gasteiger partial charge is 0.497 e. The zero-order valence-electron chi connectivity index (χ0n) is 17.1. The molecule has 1 N–H and O–H groups in total. The standard InChI is InChI=1S/C23H26N4O2/c1-5-9-18-14-19(29-4)12-13-20(18)22(28)24-23(2,3)21-16-27(26-25-21)15-17-10-7-6-8-11-17/h5-8,10-14,16H,1,9,15H2,2-4H3,(H,24,28). The highest BCUT2D eigenvalue weighted by molar-refractivity contribution is 5.96. The molecule has 1 aromatic heterocycles. The maximum Gasteiger partial charge on any atom is 0.252 e. The summed E-state index contributed by atoms with van der Waals surface area (Å²) in [6, 6.07) is 15.5. The van der Waals surface area contributed by atoms with Crippen molar-refractivity contribution in [2.45, 2.75) is 32.4 Å². The number of nitrogens with zero attached hydrogens (tertiary/aromatic N) is 3. The monoisotopic (exact) mass is 390 g/mol. The highest BCUT2D eigenvalue weighted by Crippen LogP contribution is 2.22. The van der Waals surface area contributed by atoms with Crippen molar-refractivity contribution in [2.75, 3.05) is 7.11 Å². The number of ether oxygens (including phenoxy) is 1. The van der Waals surface area contributed by atoms with Gasteiger partial charge in [0, 0.05) is 5.56 Å². The minimum atomic E-state index is -0.683. The van der Waals surface area contributed by atoms with E-state index in [0.29, 0.717) is 30.0 Å². The van der Waals surface area contributed by atoms with E-state index in [1.807, 2.05) is 56.4 Å². The molecule has 3 aromatic rings. The number of hydrogen-bond donors (Lipinski definition) is 1. The van der Waals surface area contributed by atoms with Gasteiger partial charge in [-0.3, -0.25) is 4.79 Å². The number of methoxy groups -OCH3 is 1. The second kappa shape index (κ2) is 8.73. The predicted molar refractivity (Wildman–Crippen MR) is 113 cm³/mol. The molecule has 0 spiro atoms. The van der Waals surface area contributed by atoms with E-state index in [4.69, 9.17) is 4.74 Å². The van der Waals surface area contributed by atoms with Gasteiger partial charge in [0.2, 0.25) is 0 Å². The quantitative estimate of drug-likeness (QED) is 0.595. The average molecular weight is 390 g/mol. The Bertz CT molecular complexity index is 993. The van der Waals surface area contributed by atoms with E-state index < -0.39 is 5.54 Å². The summed E-state index contributed by atoms with van der Waals surface area (Å²) in [5.74, 6) is 0.536. The Kier molecular flexibility index (Phi) is 6.12. The first kappa shape index (κ1) is 20.3. The topological polar surface area (TPSA) is 69.0 Å². The summed E-state index contributed by atoms with van der Waals surface area (Å²) < 4.78 is 7.04. The number of benzene rings is 2. The normalized spacial score (nSPS) is 11.1. The molecule has 0 radical (unpaired) electrons. The van der Waals surface area contributed by atoms with Crippen LogP contribution in [0.1, 0.15) is 41.0 Å². The van der Waals surface area contributed by atoms with Crippen LogP contribution in [0.15, 0.2) is 67.4 Å². The molecule has 0 saturated heterocycles. The third-order valence-corrected chi connectivity index (χ3v) is 4.71. The van der Waals surface area contributed by atoms with Crippen molar-refractivity contribution in [2.24, 2.45) is 0 Å². The van der Waals surface area contributed by atoms with Crippen LogP contribution in [0.2, 0.25) is 0 Å². The maximum atomic E-state index is 13.0. The molecule has 0 atom stereocenters. The van der Waals surface area contributed by atoms with Gasteiger partial charge in [-0.05, 0) is 49.6 Å². The smallest absolute Gasteiger partial charge is 0.252 e. The van der Waals surface area contributed by atoms with Gasteiger partial charge in [-0.1, -0.05) is 41.6 Å². The van der Waals surface area contributed by atoms with Crippen LogP contribution in [-0.4, -0.2) is 28.0 Å². The summed E-state index contributed by atoms with van der Waals surface area (Å²) >= 11 is 0. The molecule has 29 heavy (non-hydrogen) atoms. The number of aromatic nitrogens is 3. The lowest BCUT2D eigenvalue weighted by atomic mass is 9.98. The van der Waals surface area contributed by atoms with Crippen LogP contribution >= 0.6 is 0 Å². The van der Waals surface area contributed by atoms with Gasteiger partial charge in [-0.15, -0.1) is 11.7 Å². The zero-order valence-corrected chi connectivity index (χ0v) is 17.1. The van der Waals surface area contributed by atoms with Crippen LogP contribution in [0.25, 0.3) is 0 Å². The van der Waals surface area contributed by atoms with Gasteiger partial charge >= 0.3 is 0 Å². The van der Waals surface area contributed by atoms with Crippen LogP contribution in [0.3, 0.4) is 0 Å². The van der Waals surface area contributed by atoms with Gasteiger partial charge in [0.15, 0.2) is 0 Å². The van der Waals surface area contributed by atoms with E-state index in [1.165, 1.54) is 0 Å². The first-order valence-electron chi connectivity index (χ1n) is 9.48. The summed E-state index contributed by atoms with van der Waals surface area (Å²) in [4.78, 5) is 13.0. The minimum Gasteiger partial charge on any atom is -0.497 e. The molecule has 0 aliphatic carbocycles. The van der Waals surface area contributed by atoms with E-state index in [0.717, 1.165) is 11.1 Å². The lowest BCUT2D eigenvalue weighted by molar-refractivity contribution is 0.0909. The molecule has 1 amide bonds. The molecule has 0 aliphatic rings. The Morgan fingerprint density at radius 1 is 1.24 bits per heavy atom. The third-order valence-electron chi connectivity index (χ3n) is 4.71. The zero-order chi connectivity index (χ0) is 20.9. The van der Waals surface area contributed by atoms with E-state index >= 15 is 0 Å². The number of rotatable bonds is 8. The average Bonchev–Trinajstić information content (AvgIpc) is 3.18. The maximum absolute atomic E-state index is 13.0. The molecule has 0 unspecified atom stereocenters. The summed E-state index contributed by atoms with van der Waals surface area (Å²) in [7, 11) is 1.61. The Balaban J connectivity index is 1.77. The third kappa shape index (κ3) is 4.90. The molecular weight excluding hydrogens is 364 g/mol. The minimum absolute atomic E-state index is 0.174. The Hall–Kier alpha value is -3.41. The molecule has 0 saturated carbocycles. The van der Waals surface area contributed by atoms with Gasteiger partial charge < -0.3 is 10.1 Å². The SMILES string of the molecule is C=CCc1cc(OC)ccc1C(=O)NC(C)(C)c1cn(Cc2ccccc2)nn1. The molecule has 150 valence electrons. The first-order valence-corrected chi connectivity index (χ1v) is 9.48. The predicted octanol–water partition coefficient (Wildman–Crippen LogP) is 3.73. The lowest BCUT2D eigenvalue weighted by Gasteiger charge is -2.24. The number of nitrogens with one attached hydrogen (secondary N) is 1. The number of carbonyl (C=O) groups excluding carboxylic acids is 1. The van der Waals surface area contributed by atoms with Crippen molar-refractivity contribution in [3.05, 3.63) is 89.8 Å². The fraction of sp³-hybridized carbons (Fsp3) is 0.261. The van der Waals surface area contributed by atoms with Gasteiger partial charge in [0.1, 0.15) is 11.4 Å². The van der Waals surface area contributed by atoms with Crippen LogP contribution in [-0.2, 0) is 18.5 Å². The molecule has 6 heteroatoms. The summed E-state index contributed by atoms with van der Waals surface area (Å²) in [5.41, 5.74) is 2.60. The fourth-order valence-electron chi connectivity index (χ4n) is 3.09. The van der Waals surface area contributed by atoms with Gasteiger partial charge in [-0.25, -0.2) is 4.68 Å². The molecule has 1 heterocycles. The van der Waals surface area contributed by atoms with Crippen molar-refractivity contribution >= 4 is 5.91 Å². The number of allylic oxidation sites excluding steroid dienone is 1. The molecule has 6 nitrogen and oxygen atoms in total. The van der Waals surface area contributed by atoms with Gasteiger partial charge in [0.05, 0.1) is 25.4 Å². The Morgan fingerprint density at radius 3 is 2.69 bits per heavy atom. The van der Waals surface area contributed by atoms with Crippen LogP contribution in [0, 0.1) is 0 Å². The first-order chi connectivity index (χ1) is 13.9. The van der Waals surface area contributed by atoms with Crippen molar-refractivity contribution in [3.8, 4) is 5.75 Å². The van der Waals surface area contributed by atoms with Crippen molar-refractivity contribution < 1.29 is 9.53 Å². The lowest BCUT2D eigenvalue weighted by Crippen LogP contribution is -2.41. The van der Waals surface area contributed by atoms with Crippen molar-refractivity contribution in [1.29, 1.82) is 0 Å². The molecule has 0 fully saturated rings. The molecule has 0 bridgehead atoms. The molecule has 0 aliphatic heterocycles. The second-order valence-electron chi connectivity index (χ2n) is 7.38.